The van der Waals surface area contributed by atoms with E-state index in [1.54, 1.807) is 6.07 Å². The van der Waals surface area contributed by atoms with E-state index >= 15 is 0 Å². The molecular weight excluding hydrogens is 340 g/mol. The Balaban J connectivity index is 2.05. The molecule has 120 valence electrons. The molecule has 0 aliphatic heterocycles. The molecule has 24 heavy (non-hydrogen) atoms. The first-order valence-corrected chi connectivity index (χ1v) is 6.86. The van der Waals surface area contributed by atoms with E-state index in [1.165, 1.54) is 36.4 Å². The lowest BCUT2D eigenvalue weighted by Crippen LogP contribution is -1.92. The van der Waals surface area contributed by atoms with Gasteiger partial charge < -0.3 is 4.52 Å². The molecule has 3 aromatic rings. The zero-order valence-corrected chi connectivity index (χ0v) is 12.5. The van der Waals surface area contributed by atoms with Crippen molar-refractivity contribution in [2.24, 2.45) is 0 Å². The van der Waals surface area contributed by atoms with Crippen LogP contribution in [0.2, 0.25) is 5.02 Å². The number of nitro benzene ring substituents is 2. The van der Waals surface area contributed by atoms with Gasteiger partial charge in [0, 0.05) is 28.8 Å². The highest BCUT2D eigenvalue weighted by atomic mass is 35.5. The second-order valence-electron chi connectivity index (χ2n) is 4.65. The molecule has 0 fully saturated rings. The van der Waals surface area contributed by atoms with Crippen molar-refractivity contribution in [1.29, 1.82) is 0 Å². The Bertz CT molecular complexity index is 956. The van der Waals surface area contributed by atoms with Crippen LogP contribution in [0.3, 0.4) is 0 Å². The molecule has 3 rings (SSSR count). The lowest BCUT2D eigenvalue weighted by atomic mass is 10.1. The number of hydrogen-bond donors (Lipinski definition) is 0. The summed E-state index contributed by atoms with van der Waals surface area (Å²) in [6, 6.07) is 9.69. The van der Waals surface area contributed by atoms with E-state index in [-0.39, 0.29) is 33.7 Å². The molecule has 0 bridgehead atoms. The first-order chi connectivity index (χ1) is 11.5. The van der Waals surface area contributed by atoms with Crippen molar-refractivity contribution in [1.82, 2.24) is 10.1 Å². The van der Waals surface area contributed by atoms with Gasteiger partial charge in [0.05, 0.1) is 9.85 Å². The maximum atomic E-state index is 11.1. The molecule has 0 amide bonds. The minimum absolute atomic E-state index is 0.0814. The van der Waals surface area contributed by atoms with Gasteiger partial charge in [-0.15, -0.1) is 0 Å². The summed E-state index contributed by atoms with van der Waals surface area (Å²) in [6.45, 7) is 0. The van der Waals surface area contributed by atoms with Crippen molar-refractivity contribution in [2.45, 2.75) is 0 Å². The van der Waals surface area contributed by atoms with Crippen LogP contribution < -0.4 is 0 Å². The summed E-state index contributed by atoms with van der Waals surface area (Å²) in [5.41, 5.74) is 0.0532. The van der Waals surface area contributed by atoms with Crippen molar-refractivity contribution in [2.75, 3.05) is 0 Å². The van der Waals surface area contributed by atoms with Crippen molar-refractivity contribution < 1.29 is 14.4 Å². The maximum absolute atomic E-state index is 11.1. The molecule has 0 aliphatic rings. The van der Waals surface area contributed by atoms with Gasteiger partial charge in [-0.1, -0.05) is 28.9 Å². The number of benzene rings is 2. The summed E-state index contributed by atoms with van der Waals surface area (Å²) < 4.78 is 5.06. The van der Waals surface area contributed by atoms with Gasteiger partial charge >= 0.3 is 0 Å². The third kappa shape index (κ3) is 2.92. The van der Waals surface area contributed by atoms with Gasteiger partial charge in [0.1, 0.15) is 5.56 Å². The highest BCUT2D eigenvalue weighted by Crippen LogP contribution is 2.32. The number of halogens is 1. The van der Waals surface area contributed by atoms with Crippen molar-refractivity contribution in [3.05, 3.63) is 67.7 Å². The highest BCUT2D eigenvalue weighted by molar-refractivity contribution is 6.30. The van der Waals surface area contributed by atoms with Gasteiger partial charge in [0.2, 0.25) is 5.82 Å². The number of nitro groups is 2. The fourth-order valence-electron chi connectivity index (χ4n) is 2.05. The molecule has 2 aromatic carbocycles. The summed E-state index contributed by atoms with van der Waals surface area (Å²) in [7, 11) is 0. The van der Waals surface area contributed by atoms with Crippen molar-refractivity contribution >= 4 is 23.0 Å². The summed E-state index contributed by atoms with van der Waals surface area (Å²) in [4.78, 5) is 24.9. The van der Waals surface area contributed by atoms with Crippen LogP contribution in [0.15, 0.2) is 47.0 Å². The Morgan fingerprint density at radius 2 is 1.83 bits per heavy atom. The van der Waals surface area contributed by atoms with Crippen LogP contribution in [0.4, 0.5) is 11.4 Å². The van der Waals surface area contributed by atoms with Gasteiger partial charge in [-0.05, 0) is 12.1 Å². The summed E-state index contributed by atoms with van der Waals surface area (Å²) >= 11 is 5.76. The summed E-state index contributed by atoms with van der Waals surface area (Å²) in [5, 5.41) is 25.9. The minimum Gasteiger partial charge on any atom is -0.333 e. The minimum atomic E-state index is -0.613. The average molecular weight is 347 g/mol. The standard InChI is InChI=1S/C14H7ClN4O5/c15-9-4-5-11(12(7-9)19(22)23)14-16-13(17-24-14)8-2-1-3-10(6-8)18(20)21/h1-7H. The second-order valence-corrected chi connectivity index (χ2v) is 5.09. The largest absolute Gasteiger partial charge is 0.333 e. The molecule has 0 N–H and O–H groups in total. The van der Waals surface area contributed by atoms with Crippen molar-refractivity contribution in [3.63, 3.8) is 0 Å². The van der Waals surface area contributed by atoms with E-state index in [0.717, 1.165) is 0 Å². The van der Waals surface area contributed by atoms with E-state index < -0.39 is 9.85 Å². The Hall–Kier alpha value is -3.33. The lowest BCUT2D eigenvalue weighted by Gasteiger charge is -1.98. The SMILES string of the molecule is O=[N+]([O-])c1cccc(-c2noc(-c3ccc(Cl)cc3[N+](=O)[O-])n2)c1. The summed E-state index contributed by atoms with van der Waals surface area (Å²) in [5.74, 6) is -0.00202. The fraction of sp³-hybridized carbons (Fsp3) is 0. The van der Waals surface area contributed by atoms with Crippen LogP contribution in [0.25, 0.3) is 22.8 Å². The molecule has 0 atom stereocenters. The predicted octanol–water partition coefficient (Wildman–Crippen LogP) is 3.87. The highest BCUT2D eigenvalue weighted by Gasteiger charge is 2.22. The molecule has 0 saturated carbocycles. The third-order valence-electron chi connectivity index (χ3n) is 3.13. The van der Waals surface area contributed by atoms with E-state index in [9.17, 15) is 20.2 Å². The van der Waals surface area contributed by atoms with Crippen LogP contribution in [0.1, 0.15) is 0 Å². The molecule has 9 nitrogen and oxygen atoms in total. The third-order valence-corrected chi connectivity index (χ3v) is 3.36. The molecule has 1 aromatic heterocycles. The lowest BCUT2D eigenvalue weighted by molar-refractivity contribution is -0.384. The first-order valence-electron chi connectivity index (χ1n) is 6.48. The Morgan fingerprint density at radius 1 is 1.04 bits per heavy atom. The van der Waals surface area contributed by atoms with Gasteiger partial charge in [0.25, 0.3) is 17.3 Å². The number of hydrogen-bond acceptors (Lipinski definition) is 7. The number of rotatable bonds is 4. The normalized spacial score (nSPS) is 10.5. The molecular formula is C14H7ClN4O5. The molecule has 1 heterocycles. The van der Waals surface area contributed by atoms with Crippen LogP contribution in [0, 0.1) is 20.2 Å². The quantitative estimate of drug-likeness (QED) is 0.518. The van der Waals surface area contributed by atoms with Crippen LogP contribution in [-0.2, 0) is 0 Å². The smallest absolute Gasteiger partial charge is 0.283 e. The Morgan fingerprint density at radius 3 is 2.54 bits per heavy atom. The molecule has 0 unspecified atom stereocenters. The zero-order valence-electron chi connectivity index (χ0n) is 11.7. The van der Waals surface area contributed by atoms with E-state index in [2.05, 4.69) is 10.1 Å². The first kappa shape index (κ1) is 15.6. The van der Waals surface area contributed by atoms with E-state index in [4.69, 9.17) is 16.1 Å². The van der Waals surface area contributed by atoms with Gasteiger partial charge in [-0.2, -0.15) is 4.98 Å². The molecule has 10 heteroatoms. The Labute approximate surface area is 138 Å². The number of nitrogens with zero attached hydrogens (tertiary/aromatic N) is 4. The van der Waals surface area contributed by atoms with Crippen LogP contribution in [0.5, 0.6) is 0 Å². The predicted molar refractivity (Wildman–Crippen MR) is 83.5 cm³/mol. The van der Waals surface area contributed by atoms with Crippen LogP contribution in [-0.4, -0.2) is 20.0 Å². The van der Waals surface area contributed by atoms with Gasteiger partial charge in [0.15, 0.2) is 0 Å². The molecule has 0 spiro atoms. The number of aromatic nitrogens is 2. The van der Waals surface area contributed by atoms with Crippen LogP contribution >= 0.6 is 11.6 Å². The van der Waals surface area contributed by atoms with Gasteiger partial charge in [-0.3, -0.25) is 20.2 Å². The topological polar surface area (TPSA) is 125 Å². The van der Waals surface area contributed by atoms with Crippen molar-refractivity contribution in [3.8, 4) is 22.8 Å². The zero-order chi connectivity index (χ0) is 17.3. The fourth-order valence-corrected chi connectivity index (χ4v) is 2.21. The van der Waals surface area contributed by atoms with Gasteiger partial charge in [-0.25, -0.2) is 0 Å². The number of non-ortho nitro benzene ring substituents is 1. The summed E-state index contributed by atoms with van der Waals surface area (Å²) in [6.07, 6.45) is 0. The molecule has 0 radical (unpaired) electrons. The van der Waals surface area contributed by atoms with E-state index in [1.807, 2.05) is 0 Å². The monoisotopic (exact) mass is 346 g/mol. The van der Waals surface area contributed by atoms with E-state index in [0.29, 0.717) is 5.56 Å². The second kappa shape index (κ2) is 6.05. The molecule has 0 saturated heterocycles. The maximum Gasteiger partial charge on any atom is 0.283 e. The average Bonchev–Trinajstić information content (AvgIpc) is 3.04. The Kier molecular flexibility index (Phi) is 3.92. The molecule has 0 aliphatic carbocycles.